The molecule has 0 unspecified atom stereocenters. The van der Waals surface area contributed by atoms with Gasteiger partial charge in [-0.1, -0.05) is 63.4 Å². The maximum Gasteiger partial charge on any atom is 0.412 e. The van der Waals surface area contributed by atoms with Crippen LogP contribution in [-0.4, -0.2) is 51.1 Å². The molecule has 0 bridgehead atoms. The van der Waals surface area contributed by atoms with Gasteiger partial charge in [0.15, 0.2) is 5.54 Å². The number of ether oxygens (including phenoxy) is 1. The standard InChI is InChI=1S/C28H36N4O6/c1-4-6-7-11-16-38-27(37)31-23-18-20(14-15-29-23)17-22-24(33)32(28(22,5-2)25(34)35)26(36)30-19(3)21-12-9-8-10-13-21/h8-10,12-15,18-19,22H,4-7,11,16-17H2,1-3H3,(H,30,36)(H,34,35)(H,29,31,37)/t19-,22+,28+/m1/s1. The number of unbranched alkanes of at least 4 members (excludes halogenated alkanes) is 3. The molecule has 204 valence electrons. The quantitative estimate of drug-likeness (QED) is 0.265. The van der Waals surface area contributed by atoms with Gasteiger partial charge in [0.2, 0.25) is 5.91 Å². The fourth-order valence-electron chi connectivity index (χ4n) is 4.80. The van der Waals surface area contributed by atoms with E-state index in [1.54, 1.807) is 26.0 Å². The smallest absolute Gasteiger partial charge is 0.412 e. The van der Waals surface area contributed by atoms with E-state index in [9.17, 15) is 24.3 Å². The van der Waals surface area contributed by atoms with Crippen molar-refractivity contribution in [3.05, 3.63) is 59.8 Å². The number of β-lactam (4-membered cyclic amide) rings is 1. The second-order valence-corrected chi connectivity index (χ2v) is 9.47. The van der Waals surface area contributed by atoms with Crippen LogP contribution in [0.15, 0.2) is 48.7 Å². The first-order valence-corrected chi connectivity index (χ1v) is 13.1. The maximum atomic E-state index is 13.2. The van der Waals surface area contributed by atoms with Gasteiger partial charge >= 0.3 is 18.1 Å². The van der Waals surface area contributed by atoms with E-state index in [2.05, 4.69) is 22.5 Å². The van der Waals surface area contributed by atoms with E-state index in [-0.39, 0.29) is 18.7 Å². The van der Waals surface area contributed by atoms with Gasteiger partial charge in [-0.15, -0.1) is 0 Å². The Balaban J connectivity index is 1.68. The normalized spacial score (nSPS) is 19.3. The lowest BCUT2D eigenvalue weighted by Crippen LogP contribution is -2.77. The highest BCUT2D eigenvalue weighted by Crippen LogP contribution is 2.43. The van der Waals surface area contributed by atoms with Crippen molar-refractivity contribution in [3.63, 3.8) is 0 Å². The SMILES string of the molecule is CCCCCCOC(=O)Nc1cc(C[C@H]2C(=O)N(C(=O)N[C@H](C)c3ccccc3)[C@]2(CC)C(=O)O)ccn1. The molecule has 0 aliphatic carbocycles. The van der Waals surface area contributed by atoms with Crippen LogP contribution in [0.25, 0.3) is 0 Å². The van der Waals surface area contributed by atoms with Crippen LogP contribution in [0.5, 0.6) is 0 Å². The van der Waals surface area contributed by atoms with E-state index in [0.29, 0.717) is 12.2 Å². The van der Waals surface area contributed by atoms with E-state index in [1.807, 2.05) is 30.3 Å². The van der Waals surface area contributed by atoms with Crippen molar-refractivity contribution in [1.29, 1.82) is 0 Å². The number of amides is 4. The first kappa shape index (κ1) is 28.6. The summed E-state index contributed by atoms with van der Waals surface area (Å²) in [7, 11) is 0. The number of carboxylic acid groups (broad SMARTS) is 1. The Labute approximate surface area is 222 Å². The molecule has 1 aromatic carbocycles. The molecule has 0 saturated carbocycles. The third-order valence-corrected chi connectivity index (χ3v) is 6.97. The topological polar surface area (TPSA) is 138 Å². The lowest BCUT2D eigenvalue weighted by atomic mass is 9.68. The summed E-state index contributed by atoms with van der Waals surface area (Å²) in [6.07, 6.45) is 4.88. The largest absolute Gasteiger partial charge is 0.479 e. The van der Waals surface area contributed by atoms with Gasteiger partial charge in [0.25, 0.3) is 0 Å². The molecule has 2 aromatic rings. The van der Waals surface area contributed by atoms with Crippen LogP contribution in [0.4, 0.5) is 15.4 Å². The molecule has 1 fully saturated rings. The lowest BCUT2D eigenvalue weighted by molar-refractivity contribution is -0.181. The number of pyridine rings is 1. The molecule has 0 spiro atoms. The number of rotatable bonds is 12. The van der Waals surface area contributed by atoms with E-state index in [1.165, 1.54) is 6.20 Å². The Bertz CT molecular complexity index is 1140. The Kier molecular flexibility index (Phi) is 9.81. The van der Waals surface area contributed by atoms with Crippen molar-refractivity contribution in [2.75, 3.05) is 11.9 Å². The summed E-state index contributed by atoms with van der Waals surface area (Å²) in [6.45, 7) is 5.82. The number of benzene rings is 1. The van der Waals surface area contributed by atoms with E-state index in [0.717, 1.165) is 36.1 Å². The van der Waals surface area contributed by atoms with Gasteiger partial charge in [-0.25, -0.2) is 24.3 Å². The molecule has 1 aliphatic heterocycles. The van der Waals surface area contributed by atoms with Crippen LogP contribution in [0.3, 0.4) is 0 Å². The number of aliphatic carboxylic acids is 1. The monoisotopic (exact) mass is 524 g/mol. The number of nitrogens with one attached hydrogen (secondary N) is 2. The Hall–Kier alpha value is -3.95. The van der Waals surface area contributed by atoms with Crippen LogP contribution in [0, 0.1) is 5.92 Å². The zero-order chi connectivity index (χ0) is 27.7. The first-order chi connectivity index (χ1) is 18.2. The van der Waals surface area contributed by atoms with Gasteiger partial charge < -0.3 is 15.2 Å². The fourth-order valence-corrected chi connectivity index (χ4v) is 4.80. The second-order valence-electron chi connectivity index (χ2n) is 9.47. The number of likely N-dealkylation sites (tertiary alicyclic amines) is 1. The summed E-state index contributed by atoms with van der Waals surface area (Å²) in [5.41, 5.74) is -0.251. The average molecular weight is 525 g/mol. The summed E-state index contributed by atoms with van der Waals surface area (Å²) in [4.78, 5) is 55.7. The van der Waals surface area contributed by atoms with Crippen molar-refractivity contribution in [1.82, 2.24) is 15.2 Å². The van der Waals surface area contributed by atoms with Crippen molar-refractivity contribution < 1.29 is 29.0 Å². The number of carbonyl (C=O) groups excluding carboxylic acids is 3. The minimum absolute atomic E-state index is 0.0480. The molecule has 1 aliphatic rings. The number of hydrogen-bond acceptors (Lipinski definition) is 6. The molecule has 3 rings (SSSR count). The minimum atomic E-state index is -1.69. The Morgan fingerprint density at radius 3 is 2.53 bits per heavy atom. The molecule has 0 radical (unpaired) electrons. The number of hydrogen-bond donors (Lipinski definition) is 3. The third kappa shape index (κ3) is 6.30. The molecule has 10 nitrogen and oxygen atoms in total. The van der Waals surface area contributed by atoms with Crippen molar-refractivity contribution >= 4 is 29.8 Å². The van der Waals surface area contributed by atoms with Crippen LogP contribution < -0.4 is 10.6 Å². The molecule has 3 N–H and O–H groups in total. The molecule has 1 saturated heterocycles. The minimum Gasteiger partial charge on any atom is -0.479 e. The molecule has 3 atom stereocenters. The number of carboxylic acids is 1. The van der Waals surface area contributed by atoms with Crippen LogP contribution in [-0.2, 0) is 20.7 Å². The summed E-state index contributed by atoms with van der Waals surface area (Å²) < 4.78 is 5.18. The van der Waals surface area contributed by atoms with Crippen LogP contribution in [0.1, 0.15) is 70.0 Å². The van der Waals surface area contributed by atoms with Crippen molar-refractivity contribution in [3.8, 4) is 0 Å². The summed E-state index contributed by atoms with van der Waals surface area (Å²) >= 11 is 0. The van der Waals surface area contributed by atoms with Crippen molar-refractivity contribution in [2.24, 2.45) is 5.92 Å². The highest BCUT2D eigenvalue weighted by molar-refractivity contribution is 6.10. The van der Waals surface area contributed by atoms with E-state index >= 15 is 0 Å². The van der Waals surface area contributed by atoms with Gasteiger partial charge in [0.1, 0.15) is 5.82 Å². The number of aromatic nitrogens is 1. The molecular formula is C28H36N4O6. The molecule has 10 heteroatoms. The lowest BCUT2D eigenvalue weighted by Gasteiger charge is -2.53. The molecule has 2 heterocycles. The number of imide groups is 1. The van der Waals surface area contributed by atoms with Gasteiger partial charge in [-0.3, -0.25) is 10.1 Å². The predicted octanol–water partition coefficient (Wildman–Crippen LogP) is 4.92. The second kappa shape index (κ2) is 13.0. The predicted molar refractivity (Wildman–Crippen MR) is 141 cm³/mol. The van der Waals surface area contributed by atoms with Crippen molar-refractivity contribution in [2.45, 2.75) is 70.9 Å². The van der Waals surface area contributed by atoms with E-state index < -0.39 is 41.5 Å². The summed E-state index contributed by atoms with van der Waals surface area (Å²) in [5.74, 6) is -2.53. The fraction of sp³-hybridized carbons (Fsp3) is 0.464. The van der Waals surface area contributed by atoms with Gasteiger partial charge in [-0.05, 0) is 49.4 Å². The van der Waals surface area contributed by atoms with E-state index in [4.69, 9.17) is 4.74 Å². The average Bonchev–Trinajstić information content (AvgIpc) is 2.90. The van der Waals surface area contributed by atoms with Gasteiger partial charge in [0.05, 0.1) is 18.6 Å². The zero-order valence-electron chi connectivity index (χ0n) is 22.1. The molecule has 4 amide bonds. The first-order valence-electron chi connectivity index (χ1n) is 13.1. The highest BCUT2D eigenvalue weighted by atomic mass is 16.5. The molecule has 1 aromatic heterocycles. The van der Waals surface area contributed by atoms with Crippen LogP contribution >= 0.6 is 0 Å². The Morgan fingerprint density at radius 2 is 1.87 bits per heavy atom. The number of urea groups is 1. The zero-order valence-corrected chi connectivity index (χ0v) is 22.1. The number of carbonyl (C=O) groups is 4. The summed E-state index contributed by atoms with van der Waals surface area (Å²) in [6, 6.07) is 11.3. The molecular weight excluding hydrogens is 488 g/mol. The highest BCUT2D eigenvalue weighted by Gasteiger charge is 2.66. The Morgan fingerprint density at radius 1 is 1.13 bits per heavy atom. The number of anilines is 1. The summed E-state index contributed by atoms with van der Waals surface area (Å²) in [5, 5.41) is 15.5. The molecule has 38 heavy (non-hydrogen) atoms. The third-order valence-electron chi connectivity index (χ3n) is 6.97. The van der Waals surface area contributed by atoms with Gasteiger partial charge in [-0.2, -0.15) is 0 Å². The maximum absolute atomic E-state index is 13.2. The van der Waals surface area contributed by atoms with Crippen LogP contribution in [0.2, 0.25) is 0 Å². The number of nitrogens with zero attached hydrogens (tertiary/aromatic N) is 2. The van der Waals surface area contributed by atoms with Gasteiger partial charge in [0, 0.05) is 6.20 Å².